The van der Waals surface area contributed by atoms with Crippen molar-refractivity contribution in [2.24, 2.45) is 0 Å². The number of aryl methyl sites for hydroxylation is 1. The SMILES string of the molecule is O=C(NCCCOCCOCCOCCCNS(=O)(=O)c1ccc(-c2ccc(S(=O)(=O)NC(CNC(=O)c3ccc4c(cnn4CCCNc4nccn4C(c4ccccc4)(c4ccccc4)c4ccccc4)c3)C(=O)O)cc2)cc1)OCc1ccccc1. The van der Waals surface area contributed by atoms with Gasteiger partial charge in [-0.15, -0.1) is 0 Å². The Morgan fingerprint density at radius 3 is 1.70 bits per heavy atom. The van der Waals surface area contributed by atoms with Crippen LogP contribution in [0.25, 0.3) is 22.0 Å². The maximum absolute atomic E-state index is 13.5. The standard InChI is InChI=1S/C66H71N9O12S2/c76-62(53-28-33-61-54(46-53)47-71-75(61)38-13-34-67-64-68-37-39-74(64)66(55-18-7-2-8-19-55,56-20-9-3-10-21-56)57-22-11-4-12-23-57)70-48-60(63(77)78)73-89(82,83)59-31-26-52(27-32-59)51-24-29-58(30-25-51)88(80,81)72-36-15-41-85-43-45-86-44-42-84-40-14-35-69-65(79)87-49-50-16-5-1-6-17-50/h1-12,16-33,37,39,46-47,60,72-73H,13-15,34-36,38,40-45,48-49H2,(H,67,68)(H,69,79)(H,70,76)(H,77,78). The third-order valence-corrected chi connectivity index (χ3v) is 17.4. The summed E-state index contributed by atoms with van der Waals surface area (Å²) in [4.78, 5) is 42.1. The van der Waals surface area contributed by atoms with Gasteiger partial charge in [-0.1, -0.05) is 146 Å². The van der Waals surface area contributed by atoms with E-state index < -0.39 is 56.1 Å². The molecule has 9 aromatic rings. The van der Waals surface area contributed by atoms with Crippen molar-refractivity contribution in [3.8, 4) is 11.1 Å². The van der Waals surface area contributed by atoms with E-state index in [-0.39, 0.29) is 28.5 Å². The number of carbonyl (C=O) groups is 3. The van der Waals surface area contributed by atoms with Crippen LogP contribution in [-0.4, -0.2) is 131 Å². The molecule has 0 saturated carbocycles. The normalized spacial score (nSPS) is 12.1. The number of fused-ring (bicyclic) bond motifs is 1. The summed E-state index contributed by atoms with van der Waals surface area (Å²) in [6, 6.07) is 55.5. The zero-order chi connectivity index (χ0) is 62.3. The molecule has 0 aliphatic heterocycles. The Morgan fingerprint density at radius 2 is 1.12 bits per heavy atom. The number of amides is 2. The van der Waals surface area contributed by atoms with Crippen LogP contribution >= 0.6 is 0 Å². The van der Waals surface area contributed by atoms with E-state index in [0.29, 0.717) is 101 Å². The van der Waals surface area contributed by atoms with Crippen LogP contribution < -0.4 is 25.4 Å². The fourth-order valence-corrected chi connectivity index (χ4v) is 12.3. The molecule has 9 rings (SSSR count). The van der Waals surface area contributed by atoms with Crippen LogP contribution in [0, 0.1) is 0 Å². The third-order valence-electron chi connectivity index (χ3n) is 14.5. The molecule has 0 bridgehead atoms. The Kier molecular flexibility index (Phi) is 23.0. The van der Waals surface area contributed by atoms with Crippen molar-refractivity contribution in [1.82, 2.24) is 39.4 Å². The number of benzene rings is 7. The number of carbonyl (C=O) groups excluding carboxylic acids is 2. The zero-order valence-corrected chi connectivity index (χ0v) is 50.5. The fourth-order valence-electron chi connectivity index (χ4n) is 10.0. The molecule has 0 fully saturated rings. The number of hydrogen-bond donors (Lipinski definition) is 6. The smallest absolute Gasteiger partial charge is 0.407 e. The number of imidazole rings is 1. The first-order valence-corrected chi connectivity index (χ1v) is 32.1. The van der Waals surface area contributed by atoms with E-state index >= 15 is 0 Å². The highest BCUT2D eigenvalue weighted by Crippen LogP contribution is 2.42. The first kappa shape index (κ1) is 64.4. The summed E-state index contributed by atoms with van der Waals surface area (Å²) < 4.78 is 83.5. The van der Waals surface area contributed by atoms with Crippen LogP contribution in [0.4, 0.5) is 10.7 Å². The maximum atomic E-state index is 13.5. The van der Waals surface area contributed by atoms with Crippen LogP contribution in [-0.2, 0) is 62.5 Å². The van der Waals surface area contributed by atoms with E-state index in [9.17, 15) is 36.3 Å². The quantitative estimate of drug-likeness (QED) is 0.0161. The lowest BCUT2D eigenvalue weighted by molar-refractivity contribution is -0.138. The zero-order valence-electron chi connectivity index (χ0n) is 48.9. The molecule has 7 aromatic carbocycles. The van der Waals surface area contributed by atoms with Crippen LogP contribution in [0.5, 0.6) is 0 Å². The minimum Gasteiger partial charge on any atom is -0.480 e. The van der Waals surface area contributed by atoms with E-state index in [2.05, 4.69) is 71.5 Å². The van der Waals surface area contributed by atoms with E-state index in [4.69, 9.17) is 23.9 Å². The van der Waals surface area contributed by atoms with Gasteiger partial charge in [0.25, 0.3) is 5.91 Å². The Hall–Kier alpha value is -9.07. The molecule has 23 heteroatoms. The summed E-state index contributed by atoms with van der Waals surface area (Å²) in [6.07, 6.45) is 6.69. The summed E-state index contributed by atoms with van der Waals surface area (Å²) in [7, 11) is -8.23. The van der Waals surface area contributed by atoms with Gasteiger partial charge in [-0.3, -0.25) is 18.8 Å². The molecule has 0 radical (unpaired) electrons. The molecule has 1 atom stereocenters. The van der Waals surface area contributed by atoms with Gasteiger partial charge in [-0.25, -0.2) is 31.3 Å². The molecular formula is C66H71N9O12S2. The molecule has 89 heavy (non-hydrogen) atoms. The molecule has 21 nitrogen and oxygen atoms in total. The molecule has 6 N–H and O–H groups in total. The molecule has 2 heterocycles. The number of anilines is 1. The second kappa shape index (κ2) is 31.7. The molecule has 0 spiro atoms. The number of alkyl carbamates (subject to hydrolysis) is 1. The number of carboxylic acid groups (broad SMARTS) is 1. The second-order valence-corrected chi connectivity index (χ2v) is 24.0. The number of carboxylic acids is 1. The summed E-state index contributed by atoms with van der Waals surface area (Å²) >= 11 is 0. The van der Waals surface area contributed by atoms with Gasteiger partial charge >= 0.3 is 12.1 Å². The number of hydrogen-bond acceptors (Lipinski definition) is 14. The minimum atomic E-state index is -4.39. The lowest BCUT2D eigenvalue weighted by atomic mass is 9.76. The number of aromatic nitrogens is 4. The highest BCUT2D eigenvalue weighted by molar-refractivity contribution is 7.89. The Bertz CT molecular complexity index is 3840. The Morgan fingerprint density at radius 1 is 0.584 bits per heavy atom. The van der Waals surface area contributed by atoms with Crippen LogP contribution in [0.1, 0.15) is 51.9 Å². The predicted molar refractivity (Wildman–Crippen MR) is 337 cm³/mol. The van der Waals surface area contributed by atoms with E-state index in [0.717, 1.165) is 27.8 Å². The molecular weight excluding hydrogens is 1170 g/mol. The molecule has 0 aliphatic carbocycles. The number of ether oxygens (including phenoxy) is 4. The van der Waals surface area contributed by atoms with Crippen molar-refractivity contribution in [2.45, 2.75) is 53.8 Å². The van der Waals surface area contributed by atoms with Gasteiger partial charge in [0.05, 0.1) is 47.9 Å². The number of rotatable bonds is 35. The largest absolute Gasteiger partial charge is 0.480 e. The fraction of sp³-hybridized carbons (Fsp3) is 0.258. The van der Waals surface area contributed by atoms with Gasteiger partial charge in [0.1, 0.15) is 18.2 Å². The van der Waals surface area contributed by atoms with Crippen LogP contribution in [0.15, 0.2) is 216 Å². The molecule has 2 amide bonds. The minimum absolute atomic E-state index is 0.0360. The van der Waals surface area contributed by atoms with Gasteiger partial charge in [0.2, 0.25) is 26.0 Å². The van der Waals surface area contributed by atoms with Crippen molar-refractivity contribution in [2.75, 3.05) is 71.1 Å². The average Bonchev–Trinajstić information content (AvgIpc) is 1.74. The number of sulfonamides is 2. The van der Waals surface area contributed by atoms with Crippen molar-refractivity contribution < 1.29 is 55.3 Å². The van der Waals surface area contributed by atoms with Gasteiger partial charge in [0, 0.05) is 69.3 Å². The Balaban J connectivity index is 0.675. The lowest BCUT2D eigenvalue weighted by Crippen LogP contribution is -2.48. The Labute approximate surface area is 517 Å². The average molecular weight is 1250 g/mol. The second-order valence-electron chi connectivity index (χ2n) is 20.6. The molecule has 0 aliphatic rings. The first-order chi connectivity index (χ1) is 43.3. The third kappa shape index (κ3) is 17.4. The van der Waals surface area contributed by atoms with Gasteiger partial charge < -0.3 is 40.0 Å². The monoisotopic (exact) mass is 1250 g/mol. The molecule has 0 saturated heterocycles. The summed E-state index contributed by atoms with van der Waals surface area (Å²) in [5, 5.41) is 24.1. The van der Waals surface area contributed by atoms with Gasteiger partial charge in [-0.2, -0.15) is 9.82 Å². The number of nitrogens with zero attached hydrogens (tertiary/aromatic N) is 4. The molecule has 1 unspecified atom stereocenters. The van der Waals surface area contributed by atoms with Crippen molar-refractivity contribution in [1.29, 1.82) is 0 Å². The lowest BCUT2D eigenvalue weighted by Gasteiger charge is -2.38. The highest BCUT2D eigenvalue weighted by atomic mass is 32.2. The highest BCUT2D eigenvalue weighted by Gasteiger charge is 2.40. The van der Waals surface area contributed by atoms with E-state index in [1.54, 1.807) is 42.7 Å². The maximum Gasteiger partial charge on any atom is 0.407 e. The topological polar surface area (TPSA) is 272 Å². The summed E-state index contributed by atoms with van der Waals surface area (Å²) in [6.45, 7) is 3.51. The summed E-state index contributed by atoms with van der Waals surface area (Å²) in [5.41, 5.74) is 5.59. The van der Waals surface area contributed by atoms with Gasteiger partial charge in [-0.05, 0) is 95.1 Å². The van der Waals surface area contributed by atoms with Crippen molar-refractivity contribution >= 4 is 54.9 Å². The van der Waals surface area contributed by atoms with Crippen LogP contribution in [0.3, 0.4) is 0 Å². The van der Waals surface area contributed by atoms with Crippen molar-refractivity contribution in [3.05, 3.63) is 234 Å². The number of aliphatic carboxylic acids is 1. The number of nitrogens with one attached hydrogen (secondary N) is 5. The molecule has 464 valence electrons. The van der Waals surface area contributed by atoms with Crippen molar-refractivity contribution in [3.63, 3.8) is 0 Å². The summed E-state index contributed by atoms with van der Waals surface area (Å²) in [5.74, 6) is -1.41. The van der Waals surface area contributed by atoms with E-state index in [1.807, 2.05) is 95.8 Å². The van der Waals surface area contributed by atoms with Gasteiger partial charge in [0.15, 0.2) is 0 Å². The predicted octanol–water partition coefficient (Wildman–Crippen LogP) is 8.44. The molecule has 2 aromatic heterocycles. The first-order valence-electron chi connectivity index (χ1n) is 29.1. The van der Waals surface area contributed by atoms with Crippen LogP contribution in [0.2, 0.25) is 0 Å². The van der Waals surface area contributed by atoms with E-state index in [1.165, 1.54) is 36.4 Å².